The van der Waals surface area contributed by atoms with Crippen LogP contribution in [-0.4, -0.2) is 0 Å². The van der Waals surface area contributed by atoms with E-state index in [0.717, 1.165) is 28.3 Å². The number of alkyl halides is 3. The van der Waals surface area contributed by atoms with Crippen LogP contribution in [0.2, 0.25) is 0 Å². The zero-order valence-electron chi connectivity index (χ0n) is 14.5. The van der Waals surface area contributed by atoms with Crippen molar-refractivity contribution in [2.75, 3.05) is 5.32 Å². The Labute approximate surface area is 155 Å². The van der Waals surface area contributed by atoms with E-state index in [4.69, 9.17) is 0 Å². The molecule has 0 saturated heterocycles. The highest BCUT2D eigenvalue weighted by atomic mass is 19.4. The maximum atomic E-state index is 13.6. The summed E-state index contributed by atoms with van der Waals surface area (Å²) < 4.78 is 40.9. The molecule has 0 aromatic heterocycles. The number of para-hydroxylation sites is 1. The summed E-state index contributed by atoms with van der Waals surface area (Å²) >= 11 is 0. The van der Waals surface area contributed by atoms with Gasteiger partial charge in [0.25, 0.3) is 0 Å². The van der Waals surface area contributed by atoms with E-state index < -0.39 is 11.7 Å². The molecule has 0 amide bonds. The van der Waals surface area contributed by atoms with Gasteiger partial charge in [0.1, 0.15) is 0 Å². The van der Waals surface area contributed by atoms with Crippen molar-refractivity contribution >= 4 is 16.5 Å². The average Bonchev–Trinajstić information content (AvgIpc) is 3.16. The quantitative estimate of drug-likeness (QED) is 0.474. The van der Waals surface area contributed by atoms with Crippen molar-refractivity contribution in [3.05, 3.63) is 89.5 Å². The Bertz CT molecular complexity index is 1050. The Morgan fingerprint density at radius 1 is 0.852 bits per heavy atom. The molecule has 1 heterocycles. The van der Waals surface area contributed by atoms with E-state index in [1.807, 2.05) is 42.5 Å². The Morgan fingerprint density at radius 2 is 1.59 bits per heavy atom. The smallest absolute Gasteiger partial charge is 0.377 e. The minimum absolute atomic E-state index is 0.00696. The first-order valence-electron chi connectivity index (χ1n) is 9.15. The highest BCUT2D eigenvalue weighted by molar-refractivity contribution is 5.87. The third kappa shape index (κ3) is 2.54. The fourth-order valence-electron chi connectivity index (χ4n) is 4.69. The molecule has 5 rings (SSSR count). The van der Waals surface area contributed by atoms with Gasteiger partial charge in [0.15, 0.2) is 0 Å². The highest BCUT2D eigenvalue weighted by Gasteiger charge is 2.43. The minimum atomic E-state index is -4.38. The van der Waals surface area contributed by atoms with Crippen molar-refractivity contribution in [2.24, 2.45) is 5.92 Å². The Balaban J connectivity index is 1.71. The van der Waals surface area contributed by atoms with Gasteiger partial charge in [-0.2, -0.15) is 13.2 Å². The van der Waals surface area contributed by atoms with Gasteiger partial charge in [0.2, 0.25) is 0 Å². The minimum Gasteiger partial charge on any atom is -0.377 e. The van der Waals surface area contributed by atoms with Gasteiger partial charge in [0.05, 0.1) is 17.3 Å². The van der Waals surface area contributed by atoms with Gasteiger partial charge in [-0.1, -0.05) is 66.7 Å². The first kappa shape index (κ1) is 16.4. The van der Waals surface area contributed by atoms with E-state index in [9.17, 15) is 13.2 Å². The second-order valence-electron chi connectivity index (χ2n) is 7.31. The molecule has 0 bridgehead atoms. The molecule has 3 atom stereocenters. The summed E-state index contributed by atoms with van der Waals surface area (Å²) in [4.78, 5) is 0. The van der Waals surface area contributed by atoms with E-state index in [0.29, 0.717) is 0 Å². The molecule has 0 unspecified atom stereocenters. The normalized spacial score (nSPS) is 23.7. The van der Waals surface area contributed by atoms with E-state index in [-0.39, 0.29) is 23.6 Å². The molecule has 0 spiro atoms. The Kier molecular flexibility index (Phi) is 3.58. The summed E-state index contributed by atoms with van der Waals surface area (Å²) in [6.45, 7) is 0. The van der Waals surface area contributed by atoms with Crippen molar-refractivity contribution in [2.45, 2.75) is 24.6 Å². The predicted octanol–water partition coefficient (Wildman–Crippen LogP) is 6.69. The van der Waals surface area contributed by atoms with E-state index in [1.54, 1.807) is 0 Å². The molecule has 4 heteroatoms. The second-order valence-corrected chi connectivity index (χ2v) is 7.31. The van der Waals surface area contributed by atoms with Crippen molar-refractivity contribution in [1.82, 2.24) is 0 Å². The lowest BCUT2D eigenvalue weighted by atomic mass is 9.75. The number of anilines is 1. The van der Waals surface area contributed by atoms with Crippen LogP contribution in [0.5, 0.6) is 0 Å². The Morgan fingerprint density at radius 3 is 2.44 bits per heavy atom. The van der Waals surface area contributed by atoms with Crippen LogP contribution < -0.4 is 5.32 Å². The zero-order valence-corrected chi connectivity index (χ0v) is 14.5. The van der Waals surface area contributed by atoms with E-state index in [1.165, 1.54) is 12.1 Å². The number of rotatable bonds is 1. The van der Waals surface area contributed by atoms with Crippen LogP contribution in [-0.2, 0) is 6.18 Å². The molecule has 1 N–H and O–H groups in total. The fraction of sp³-hybridized carbons (Fsp3) is 0.217. The van der Waals surface area contributed by atoms with Crippen LogP contribution in [0.1, 0.15) is 35.1 Å². The predicted molar refractivity (Wildman–Crippen MR) is 102 cm³/mol. The topological polar surface area (TPSA) is 12.0 Å². The molecule has 0 fully saturated rings. The summed E-state index contributed by atoms with van der Waals surface area (Å²) in [6, 6.07) is 18.5. The van der Waals surface area contributed by atoms with Gasteiger partial charge in [-0.15, -0.1) is 0 Å². The number of benzene rings is 3. The van der Waals surface area contributed by atoms with Gasteiger partial charge in [-0.25, -0.2) is 0 Å². The molecule has 1 aliphatic heterocycles. The molecular formula is C23H18F3N. The van der Waals surface area contributed by atoms with Crippen LogP contribution in [0.4, 0.5) is 18.9 Å². The molecule has 1 nitrogen and oxygen atoms in total. The van der Waals surface area contributed by atoms with E-state index in [2.05, 4.69) is 23.5 Å². The number of nitrogens with one attached hydrogen (secondary N) is 1. The van der Waals surface area contributed by atoms with Crippen LogP contribution in [0.25, 0.3) is 10.8 Å². The van der Waals surface area contributed by atoms with Crippen LogP contribution in [0, 0.1) is 5.92 Å². The Hall–Kier alpha value is -2.75. The van der Waals surface area contributed by atoms with Crippen molar-refractivity contribution in [1.29, 1.82) is 0 Å². The van der Waals surface area contributed by atoms with Crippen LogP contribution >= 0.6 is 0 Å². The fourth-order valence-corrected chi connectivity index (χ4v) is 4.69. The van der Waals surface area contributed by atoms with Crippen molar-refractivity contribution in [3.8, 4) is 0 Å². The molecule has 3 aromatic carbocycles. The summed E-state index contributed by atoms with van der Waals surface area (Å²) in [5, 5.41) is 5.49. The van der Waals surface area contributed by atoms with Gasteiger partial charge in [0, 0.05) is 5.92 Å². The third-order valence-electron chi connectivity index (χ3n) is 5.86. The first-order valence-corrected chi connectivity index (χ1v) is 9.15. The number of allylic oxidation sites excluding steroid dienone is 2. The largest absolute Gasteiger partial charge is 0.418 e. The van der Waals surface area contributed by atoms with Gasteiger partial charge < -0.3 is 5.32 Å². The second kappa shape index (κ2) is 5.88. The number of hydrogen-bond acceptors (Lipinski definition) is 1. The maximum Gasteiger partial charge on any atom is 0.418 e. The molecule has 0 saturated carbocycles. The number of hydrogen-bond donors (Lipinski definition) is 1. The monoisotopic (exact) mass is 365 g/mol. The maximum absolute atomic E-state index is 13.6. The third-order valence-corrected chi connectivity index (χ3v) is 5.86. The lowest BCUT2D eigenvalue weighted by Gasteiger charge is -2.39. The summed E-state index contributed by atoms with van der Waals surface area (Å²) in [7, 11) is 0. The van der Waals surface area contributed by atoms with E-state index >= 15 is 0 Å². The number of fused-ring (bicyclic) bond motifs is 4. The SMILES string of the molecule is FC(F)(F)c1cccc2c1N[C@H](c1cccc3ccccc13)[C@@H]1CC=C[C@@H]21. The standard InChI is InChI=1S/C23H18F3N/c24-23(25,26)20-13-5-12-19-16-9-4-11-18(16)21(27-22(19)20)17-10-3-7-14-6-1-2-8-15(14)17/h1-10,12-13,16,18,21,27H,11H2/t16-,18-,21-/m1/s1. The lowest BCUT2D eigenvalue weighted by Crippen LogP contribution is -2.30. The number of halogens is 3. The van der Waals surface area contributed by atoms with Crippen molar-refractivity contribution in [3.63, 3.8) is 0 Å². The molecule has 3 aromatic rings. The van der Waals surface area contributed by atoms with Crippen LogP contribution in [0.15, 0.2) is 72.8 Å². The van der Waals surface area contributed by atoms with Gasteiger partial charge in [-0.05, 0) is 40.3 Å². The molecule has 27 heavy (non-hydrogen) atoms. The van der Waals surface area contributed by atoms with Crippen LogP contribution in [0.3, 0.4) is 0 Å². The molecular weight excluding hydrogens is 347 g/mol. The van der Waals surface area contributed by atoms with Crippen molar-refractivity contribution < 1.29 is 13.2 Å². The average molecular weight is 365 g/mol. The molecule has 1 aliphatic carbocycles. The van der Waals surface area contributed by atoms with Gasteiger partial charge in [-0.3, -0.25) is 0 Å². The first-order chi connectivity index (χ1) is 13.0. The zero-order chi connectivity index (χ0) is 18.6. The molecule has 0 radical (unpaired) electrons. The highest BCUT2D eigenvalue weighted by Crippen LogP contribution is 2.53. The summed E-state index contributed by atoms with van der Waals surface area (Å²) in [5.41, 5.74) is 1.47. The molecule has 2 aliphatic rings. The lowest BCUT2D eigenvalue weighted by molar-refractivity contribution is -0.137. The van der Waals surface area contributed by atoms with Gasteiger partial charge >= 0.3 is 6.18 Å². The summed E-state index contributed by atoms with van der Waals surface area (Å²) in [6.07, 6.45) is 0.658. The molecule has 136 valence electrons. The summed E-state index contributed by atoms with van der Waals surface area (Å²) in [5.74, 6) is 0.222.